The average Bonchev–Trinajstić information content (AvgIpc) is 3.25. The number of rotatable bonds is 6. The highest BCUT2D eigenvalue weighted by atomic mass is 16.5. The third-order valence-electron chi connectivity index (χ3n) is 5.24. The Hall–Kier alpha value is -2.70. The normalized spacial score (nSPS) is 15.8. The maximum Gasteiger partial charge on any atom is 0.247 e. The molecular formula is C22H26N4O2. The Kier molecular flexibility index (Phi) is 5.69. The van der Waals surface area contributed by atoms with Crippen molar-refractivity contribution in [2.75, 3.05) is 38.3 Å². The SMILES string of the molecule is CC(c1nnc(-c2ccccc2)o1)N(C)Cc1ccccc1N1CCOCC1. The van der Waals surface area contributed by atoms with Crippen molar-refractivity contribution in [3.63, 3.8) is 0 Å². The van der Waals surface area contributed by atoms with Crippen LogP contribution in [-0.2, 0) is 11.3 Å². The molecule has 3 aromatic rings. The molecule has 2 heterocycles. The lowest BCUT2D eigenvalue weighted by atomic mass is 10.1. The van der Waals surface area contributed by atoms with Crippen molar-refractivity contribution in [1.29, 1.82) is 0 Å². The summed E-state index contributed by atoms with van der Waals surface area (Å²) < 4.78 is 11.4. The second-order valence-corrected chi connectivity index (χ2v) is 7.13. The number of benzene rings is 2. The second-order valence-electron chi connectivity index (χ2n) is 7.13. The summed E-state index contributed by atoms with van der Waals surface area (Å²) in [5, 5.41) is 8.50. The van der Waals surface area contributed by atoms with Gasteiger partial charge in [0, 0.05) is 30.9 Å². The molecule has 0 spiro atoms. The van der Waals surface area contributed by atoms with Crippen LogP contribution in [0.1, 0.15) is 24.4 Å². The summed E-state index contributed by atoms with van der Waals surface area (Å²) in [6.45, 7) is 6.33. The van der Waals surface area contributed by atoms with Crippen LogP contribution >= 0.6 is 0 Å². The molecule has 1 saturated heterocycles. The third kappa shape index (κ3) is 4.08. The van der Waals surface area contributed by atoms with Gasteiger partial charge < -0.3 is 14.1 Å². The lowest BCUT2D eigenvalue weighted by molar-refractivity contribution is 0.122. The zero-order valence-corrected chi connectivity index (χ0v) is 16.4. The van der Waals surface area contributed by atoms with Crippen molar-refractivity contribution >= 4 is 5.69 Å². The summed E-state index contributed by atoms with van der Waals surface area (Å²) >= 11 is 0. The first kappa shape index (κ1) is 18.7. The van der Waals surface area contributed by atoms with Gasteiger partial charge in [-0.3, -0.25) is 4.90 Å². The van der Waals surface area contributed by atoms with E-state index in [1.165, 1.54) is 11.3 Å². The molecule has 4 rings (SSSR count). The van der Waals surface area contributed by atoms with E-state index in [4.69, 9.17) is 9.15 Å². The maximum absolute atomic E-state index is 5.95. The lowest BCUT2D eigenvalue weighted by Crippen LogP contribution is -2.37. The first-order chi connectivity index (χ1) is 13.7. The monoisotopic (exact) mass is 378 g/mol. The van der Waals surface area contributed by atoms with Crippen molar-refractivity contribution < 1.29 is 9.15 Å². The largest absolute Gasteiger partial charge is 0.419 e. The van der Waals surface area contributed by atoms with Crippen molar-refractivity contribution in [2.45, 2.75) is 19.5 Å². The van der Waals surface area contributed by atoms with E-state index in [0.717, 1.165) is 38.4 Å². The fraction of sp³-hybridized carbons (Fsp3) is 0.364. The Labute approximate surface area is 165 Å². The van der Waals surface area contributed by atoms with Gasteiger partial charge in [0.25, 0.3) is 0 Å². The molecule has 0 bridgehead atoms. The third-order valence-corrected chi connectivity index (χ3v) is 5.24. The molecule has 1 unspecified atom stereocenters. The van der Waals surface area contributed by atoms with Gasteiger partial charge in [-0.1, -0.05) is 36.4 Å². The fourth-order valence-electron chi connectivity index (χ4n) is 3.45. The molecule has 0 saturated carbocycles. The van der Waals surface area contributed by atoms with Gasteiger partial charge in [0.1, 0.15) is 0 Å². The number of morpholine rings is 1. The number of hydrogen-bond donors (Lipinski definition) is 0. The second kappa shape index (κ2) is 8.54. The number of anilines is 1. The first-order valence-electron chi connectivity index (χ1n) is 9.72. The molecule has 0 amide bonds. The Morgan fingerprint density at radius 3 is 2.50 bits per heavy atom. The zero-order chi connectivity index (χ0) is 19.3. The number of aromatic nitrogens is 2. The molecule has 28 heavy (non-hydrogen) atoms. The van der Waals surface area contributed by atoms with E-state index in [-0.39, 0.29) is 6.04 Å². The van der Waals surface area contributed by atoms with Crippen molar-refractivity contribution in [2.24, 2.45) is 0 Å². The number of nitrogens with zero attached hydrogens (tertiary/aromatic N) is 4. The van der Waals surface area contributed by atoms with Gasteiger partial charge in [0.2, 0.25) is 11.8 Å². The summed E-state index contributed by atoms with van der Waals surface area (Å²) in [6, 6.07) is 18.5. The van der Waals surface area contributed by atoms with Crippen LogP contribution in [0.4, 0.5) is 5.69 Å². The van der Waals surface area contributed by atoms with Crippen molar-refractivity contribution in [3.05, 3.63) is 66.1 Å². The Morgan fingerprint density at radius 1 is 1.00 bits per heavy atom. The summed E-state index contributed by atoms with van der Waals surface area (Å²) in [5.41, 5.74) is 3.51. The molecule has 146 valence electrons. The molecule has 2 aromatic carbocycles. The van der Waals surface area contributed by atoms with E-state index in [1.54, 1.807) is 0 Å². The minimum absolute atomic E-state index is 0.0164. The highest BCUT2D eigenvalue weighted by Crippen LogP contribution is 2.27. The van der Waals surface area contributed by atoms with Gasteiger partial charge in [-0.15, -0.1) is 10.2 Å². The standard InChI is InChI=1S/C22H26N4O2/c1-17(21-23-24-22(28-21)18-8-4-3-5-9-18)25(2)16-19-10-6-7-11-20(19)26-12-14-27-15-13-26/h3-11,17H,12-16H2,1-2H3. The molecule has 1 aliphatic heterocycles. The molecule has 1 aromatic heterocycles. The van der Waals surface area contributed by atoms with Gasteiger partial charge >= 0.3 is 0 Å². The Bertz CT molecular complexity index is 890. The van der Waals surface area contributed by atoms with E-state index >= 15 is 0 Å². The van der Waals surface area contributed by atoms with Crippen LogP contribution in [-0.4, -0.2) is 48.4 Å². The zero-order valence-electron chi connectivity index (χ0n) is 16.4. The molecule has 1 fully saturated rings. The maximum atomic E-state index is 5.95. The number of hydrogen-bond acceptors (Lipinski definition) is 6. The minimum atomic E-state index is 0.0164. The van der Waals surface area contributed by atoms with E-state index in [0.29, 0.717) is 11.8 Å². The average molecular weight is 378 g/mol. The summed E-state index contributed by atoms with van der Waals surface area (Å²) in [6.07, 6.45) is 0. The molecular weight excluding hydrogens is 352 g/mol. The van der Waals surface area contributed by atoms with E-state index in [2.05, 4.69) is 58.2 Å². The Morgan fingerprint density at radius 2 is 1.71 bits per heavy atom. The summed E-state index contributed by atoms with van der Waals surface area (Å²) in [4.78, 5) is 4.64. The van der Waals surface area contributed by atoms with Crippen LogP contribution in [0.2, 0.25) is 0 Å². The van der Waals surface area contributed by atoms with Crippen molar-refractivity contribution in [3.8, 4) is 11.5 Å². The minimum Gasteiger partial charge on any atom is -0.419 e. The summed E-state index contributed by atoms with van der Waals surface area (Å²) in [7, 11) is 2.09. The van der Waals surface area contributed by atoms with Crippen LogP contribution < -0.4 is 4.90 Å². The predicted octanol–water partition coefficient (Wildman–Crippen LogP) is 3.77. The highest BCUT2D eigenvalue weighted by molar-refractivity contribution is 5.54. The van der Waals surface area contributed by atoms with E-state index < -0.39 is 0 Å². The van der Waals surface area contributed by atoms with Gasteiger partial charge in [-0.05, 0) is 37.7 Å². The van der Waals surface area contributed by atoms with E-state index in [9.17, 15) is 0 Å². The van der Waals surface area contributed by atoms with Crippen LogP contribution in [0.5, 0.6) is 0 Å². The van der Waals surface area contributed by atoms with Crippen LogP contribution in [0.25, 0.3) is 11.5 Å². The highest BCUT2D eigenvalue weighted by Gasteiger charge is 2.21. The Balaban J connectivity index is 1.48. The van der Waals surface area contributed by atoms with Gasteiger partial charge in [0.05, 0.1) is 19.3 Å². The molecule has 1 aliphatic rings. The van der Waals surface area contributed by atoms with Crippen LogP contribution in [0.3, 0.4) is 0 Å². The lowest BCUT2D eigenvalue weighted by Gasteiger charge is -2.32. The summed E-state index contributed by atoms with van der Waals surface area (Å²) in [5.74, 6) is 1.19. The predicted molar refractivity (Wildman–Crippen MR) is 109 cm³/mol. The van der Waals surface area contributed by atoms with Gasteiger partial charge in [0.15, 0.2) is 0 Å². The molecule has 0 N–H and O–H groups in total. The first-order valence-corrected chi connectivity index (χ1v) is 9.72. The molecule has 1 atom stereocenters. The topological polar surface area (TPSA) is 54.6 Å². The molecule has 0 aliphatic carbocycles. The number of ether oxygens (including phenoxy) is 1. The van der Waals surface area contributed by atoms with Crippen molar-refractivity contribution in [1.82, 2.24) is 15.1 Å². The molecule has 0 radical (unpaired) electrons. The molecule has 6 nitrogen and oxygen atoms in total. The van der Waals surface area contributed by atoms with Gasteiger partial charge in [-0.2, -0.15) is 0 Å². The quantitative estimate of drug-likeness (QED) is 0.651. The van der Waals surface area contributed by atoms with Crippen LogP contribution in [0.15, 0.2) is 59.0 Å². The number of para-hydroxylation sites is 1. The van der Waals surface area contributed by atoms with Gasteiger partial charge in [-0.25, -0.2) is 0 Å². The fourth-order valence-corrected chi connectivity index (χ4v) is 3.45. The smallest absolute Gasteiger partial charge is 0.247 e. The van der Waals surface area contributed by atoms with Crippen LogP contribution in [0, 0.1) is 0 Å². The van der Waals surface area contributed by atoms with E-state index in [1.807, 2.05) is 30.3 Å². The molecule has 6 heteroatoms.